The molecule has 1 saturated carbocycles. The van der Waals surface area contributed by atoms with Crippen molar-refractivity contribution in [1.29, 1.82) is 0 Å². The number of thioether (sulfide) groups is 1. The van der Waals surface area contributed by atoms with Gasteiger partial charge in [0.2, 0.25) is 0 Å². The molecular formula is C13H15NS2. The van der Waals surface area contributed by atoms with Crippen LogP contribution >= 0.6 is 23.1 Å². The van der Waals surface area contributed by atoms with Gasteiger partial charge in [-0.15, -0.1) is 11.3 Å². The van der Waals surface area contributed by atoms with E-state index in [1.165, 1.54) is 27.6 Å². The number of hydrogen-bond acceptors (Lipinski definition) is 3. The molecular weight excluding hydrogens is 234 g/mol. The number of thiazole rings is 1. The van der Waals surface area contributed by atoms with Gasteiger partial charge in [-0.25, -0.2) is 4.98 Å². The quantitative estimate of drug-likeness (QED) is 0.746. The zero-order chi connectivity index (χ0) is 11.0. The number of fused-ring (bicyclic) bond motifs is 1. The monoisotopic (exact) mass is 249 g/mol. The number of hydrogen-bond donors (Lipinski definition) is 0. The number of benzene rings is 1. The Morgan fingerprint density at radius 3 is 2.94 bits per heavy atom. The molecule has 0 N–H and O–H groups in total. The number of aromatic nitrogens is 1. The molecule has 3 rings (SSSR count). The SMILES string of the molecule is CC1CC(CSc2nc3ccccc3s2)C1. The van der Waals surface area contributed by atoms with Crippen molar-refractivity contribution >= 4 is 33.3 Å². The molecule has 0 radical (unpaired) electrons. The molecule has 0 aliphatic heterocycles. The highest BCUT2D eigenvalue weighted by Crippen LogP contribution is 2.38. The number of para-hydroxylation sites is 1. The Kier molecular flexibility index (Phi) is 2.90. The predicted octanol–water partition coefficient (Wildman–Crippen LogP) is 4.43. The van der Waals surface area contributed by atoms with E-state index >= 15 is 0 Å². The van der Waals surface area contributed by atoms with E-state index in [1.807, 2.05) is 23.1 Å². The molecule has 1 aliphatic rings. The molecule has 1 aliphatic carbocycles. The van der Waals surface area contributed by atoms with E-state index in [9.17, 15) is 0 Å². The fourth-order valence-electron chi connectivity index (χ4n) is 2.31. The topological polar surface area (TPSA) is 12.9 Å². The Labute approximate surface area is 104 Å². The van der Waals surface area contributed by atoms with Crippen LogP contribution in [0.3, 0.4) is 0 Å². The predicted molar refractivity (Wildman–Crippen MR) is 72.2 cm³/mol. The number of nitrogens with zero attached hydrogens (tertiary/aromatic N) is 1. The van der Waals surface area contributed by atoms with Crippen LogP contribution in [0.15, 0.2) is 28.6 Å². The van der Waals surface area contributed by atoms with Crippen molar-refractivity contribution in [3.8, 4) is 0 Å². The van der Waals surface area contributed by atoms with Crippen LogP contribution in [-0.2, 0) is 0 Å². The van der Waals surface area contributed by atoms with Gasteiger partial charge in [0.15, 0.2) is 4.34 Å². The maximum Gasteiger partial charge on any atom is 0.151 e. The Morgan fingerprint density at radius 2 is 2.19 bits per heavy atom. The minimum atomic E-state index is 0.937. The summed E-state index contributed by atoms with van der Waals surface area (Å²) in [5.41, 5.74) is 1.15. The molecule has 1 heterocycles. The molecule has 1 aromatic heterocycles. The van der Waals surface area contributed by atoms with Gasteiger partial charge in [-0.2, -0.15) is 0 Å². The van der Waals surface area contributed by atoms with Crippen molar-refractivity contribution in [1.82, 2.24) is 4.98 Å². The molecule has 84 valence electrons. The molecule has 3 heteroatoms. The maximum absolute atomic E-state index is 4.64. The van der Waals surface area contributed by atoms with Crippen LogP contribution in [0.2, 0.25) is 0 Å². The van der Waals surface area contributed by atoms with Crippen LogP contribution in [-0.4, -0.2) is 10.7 Å². The second-order valence-electron chi connectivity index (χ2n) is 4.70. The highest BCUT2D eigenvalue weighted by atomic mass is 32.2. The first-order valence-electron chi connectivity index (χ1n) is 5.79. The Hall–Kier alpha value is -0.540. The summed E-state index contributed by atoms with van der Waals surface area (Å²) in [6.45, 7) is 2.35. The van der Waals surface area contributed by atoms with Crippen LogP contribution in [0.1, 0.15) is 19.8 Å². The molecule has 0 bridgehead atoms. The smallest absolute Gasteiger partial charge is 0.151 e. The van der Waals surface area contributed by atoms with Crippen LogP contribution in [0.4, 0.5) is 0 Å². The summed E-state index contributed by atoms with van der Waals surface area (Å²) >= 11 is 3.77. The third-order valence-corrected chi connectivity index (χ3v) is 5.60. The first-order chi connectivity index (χ1) is 7.81. The van der Waals surface area contributed by atoms with E-state index < -0.39 is 0 Å². The standard InChI is InChI=1S/C13H15NS2/c1-9-6-10(7-9)8-15-13-14-11-4-2-3-5-12(11)16-13/h2-5,9-10H,6-8H2,1H3. The van der Waals surface area contributed by atoms with Crippen molar-refractivity contribution in [2.75, 3.05) is 5.75 Å². The summed E-state index contributed by atoms with van der Waals surface area (Å²) in [5, 5.41) is 0. The molecule has 16 heavy (non-hydrogen) atoms. The lowest BCUT2D eigenvalue weighted by atomic mass is 9.77. The van der Waals surface area contributed by atoms with Gasteiger partial charge in [-0.05, 0) is 36.8 Å². The van der Waals surface area contributed by atoms with Crippen LogP contribution < -0.4 is 0 Å². The first-order valence-corrected chi connectivity index (χ1v) is 7.60. The third kappa shape index (κ3) is 2.11. The molecule has 1 fully saturated rings. The average molecular weight is 249 g/mol. The lowest BCUT2D eigenvalue weighted by Crippen LogP contribution is -2.22. The Balaban J connectivity index is 1.65. The zero-order valence-corrected chi connectivity index (χ0v) is 11.0. The summed E-state index contributed by atoms with van der Waals surface area (Å²) in [7, 11) is 0. The Bertz CT molecular complexity index is 452. The van der Waals surface area contributed by atoms with E-state index in [1.54, 1.807) is 0 Å². The molecule has 2 aromatic rings. The third-order valence-electron chi connectivity index (χ3n) is 3.19. The molecule has 0 unspecified atom stereocenters. The van der Waals surface area contributed by atoms with E-state index in [0.29, 0.717) is 0 Å². The average Bonchev–Trinajstić information content (AvgIpc) is 2.65. The molecule has 1 aromatic carbocycles. The lowest BCUT2D eigenvalue weighted by molar-refractivity contribution is 0.238. The fourth-order valence-corrected chi connectivity index (χ4v) is 4.53. The number of rotatable bonds is 3. The highest BCUT2D eigenvalue weighted by molar-refractivity contribution is 8.01. The highest BCUT2D eigenvalue weighted by Gasteiger charge is 2.25. The van der Waals surface area contributed by atoms with E-state index in [-0.39, 0.29) is 0 Å². The van der Waals surface area contributed by atoms with Gasteiger partial charge >= 0.3 is 0 Å². The van der Waals surface area contributed by atoms with Crippen LogP contribution in [0.25, 0.3) is 10.2 Å². The van der Waals surface area contributed by atoms with E-state index in [2.05, 4.69) is 36.2 Å². The van der Waals surface area contributed by atoms with Crippen molar-refractivity contribution in [2.45, 2.75) is 24.1 Å². The van der Waals surface area contributed by atoms with Gasteiger partial charge in [0, 0.05) is 5.75 Å². The van der Waals surface area contributed by atoms with Crippen LogP contribution in [0, 0.1) is 11.8 Å². The van der Waals surface area contributed by atoms with Crippen LogP contribution in [0.5, 0.6) is 0 Å². The lowest BCUT2D eigenvalue weighted by Gasteiger charge is -2.31. The molecule has 0 saturated heterocycles. The summed E-state index contributed by atoms with van der Waals surface area (Å²) in [4.78, 5) is 4.64. The molecule has 0 atom stereocenters. The largest absolute Gasteiger partial charge is 0.230 e. The van der Waals surface area contributed by atoms with E-state index in [0.717, 1.165) is 17.4 Å². The Morgan fingerprint density at radius 1 is 1.38 bits per heavy atom. The van der Waals surface area contributed by atoms with Crippen molar-refractivity contribution in [2.24, 2.45) is 11.8 Å². The summed E-state index contributed by atoms with van der Waals surface area (Å²) < 4.78 is 2.55. The summed E-state index contributed by atoms with van der Waals surface area (Å²) in [6.07, 6.45) is 2.83. The minimum Gasteiger partial charge on any atom is -0.230 e. The van der Waals surface area contributed by atoms with Gasteiger partial charge in [0.1, 0.15) is 0 Å². The van der Waals surface area contributed by atoms with Crippen molar-refractivity contribution < 1.29 is 0 Å². The molecule has 0 spiro atoms. The molecule has 1 nitrogen and oxygen atoms in total. The van der Waals surface area contributed by atoms with Gasteiger partial charge in [-0.1, -0.05) is 30.8 Å². The van der Waals surface area contributed by atoms with Gasteiger partial charge in [0.05, 0.1) is 10.2 Å². The fraction of sp³-hybridized carbons (Fsp3) is 0.462. The molecule has 0 amide bonds. The minimum absolute atomic E-state index is 0.937. The van der Waals surface area contributed by atoms with Gasteiger partial charge in [0.25, 0.3) is 0 Å². The summed E-state index contributed by atoms with van der Waals surface area (Å²) in [6, 6.07) is 8.40. The maximum atomic E-state index is 4.64. The zero-order valence-electron chi connectivity index (χ0n) is 9.35. The van der Waals surface area contributed by atoms with Crippen molar-refractivity contribution in [3.05, 3.63) is 24.3 Å². The first kappa shape index (κ1) is 10.6. The normalized spacial score (nSPS) is 24.6. The second-order valence-corrected chi connectivity index (χ2v) is 7.00. The summed E-state index contributed by atoms with van der Waals surface area (Å²) in [5.74, 6) is 3.15. The van der Waals surface area contributed by atoms with Gasteiger partial charge in [-0.3, -0.25) is 0 Å². The van der Waals surface area contributed by atoms with Gasteiger partial charge < -0.3 is 0 Å². The van der Waals surface area contributed by atoms with E-state index in [4.69, 9.17) is 0 Å². The van der Waals surface area contributed by atoms with Crippen molar-refractivity contribution in [3.63, 3.8) is 0 Å². The second kappa shape index (κ2) is 4.38.